The van der Waals surface area contributed by atoms with E-state index in [1.807, 2.05) is 11.0 Å². The molecule has 2 aromatic rings. The normalized spacial score (nSPS) is 14.9. The monoisotopic (exact) mass is 906 g/mol. The first kappa shape index (κ1) is 53.3. The summed E-state index contributed by atoms with van der Waals surface area (Å²) in [5.74, 6) is -10.6. The minimum atomic E-state index is -4.40. The van der Waals surface area contributed by atoms with Crippen LogP contribution in [-0.4, -0.2) is 128 Å². The molecular formula is C41H62N8O13S. The van der Waals surface area contributed by atoms with E-state index < -0.39 is 131 Å². The first-order valence-electron chi connectivity index (χ1n) is 20.4. The molecule has 0 radical (unpaired) electrons. The second-order valence-electron chi connectivity index (χ2n) is 16.2. The maximum Gasteiger partial charge on any atom is 0.326 e. The second-order valence-corrected chi connectivity index (χ2v) is 17.9. The van der Waals surface area contributed by atoms with Crippen molar-refractivity contribution in [2.24, 2.45) is 23.5 Å². The number of amides is 6. The molecule has 0 aliphatic carbocycles. The molecule has 0 saturated heterocycles. The van der Waals surface area contributed by atoms with Crippen molar-refractivity contribution in [1.29, 1.82) is 0 Å². The number of carbonyl (C=O) groups excluding carboxylic acids is 6. The number of rotatable bonds is 26. The number of nitrogens with two attached hydrogens (primary N) is 1. The maximum atomic E-state index is 13.9. The molecule has 0 spiro atoms. The van der Waals surface area contributed by atoms with Crippen molar-refractivity contribution < 1.29 is 62.1 Å². The van der Waals surface area contributed by atoms with Crippen molar-refractivity contribution in [3.05, 3.63) is 36.4 Å². The van der Waals surface area contributed by atoms with Gasteiger partial charge in [-0.25, -0.2) is 13.2 Å². The average Bonchev–Trinajstić information content (AvgIpc) is 3.20. The molecule has 7 atom stereocenters. The molecule has 63 heavy (non-hydrogen) atoms. The molecule has 6 amide bonds. The summed E-state index contributed by atoms with van der Waals surface area (Å²) >= 11 is 0. The summed E-state index contributed by atoms with van der Waals surface area (Å²) in [5.41, 5.74) is 6.05. The number of carboxylic acid groups (broad SMARTS) is 2. The molecule has 21 nitrogen and oxygen atoms in total. The van der Waals surface area contributed by atoms with Crippen LogP contribution in [0, 0.1) is 17.8 Å². The van der Waals surface area contributed by atoms with Crippen molar-refractivity contribution in [3.8, 4) is 0 Å². The molecule has 0 saturated carbocycles. The summed E-state index contributed by atoms with van der Waals surface area (Å²) in [5, 5.41) is 41.8. The van der Waals surface area contributed by atoms with Gasteiger partial charge in [-0.2, -0.15) is 4.72 Å². The molecular weight excluding hydrogens is 845 g/mol. The first-order chi connectivity index (χ1) is 29.3. The summed E-state index contributed by atoms with van der Waals surface area (Å²) in [6.07, 6.45) is -1.63. The van der Waals surface area contributed by atoms with Gasteiger partial charge < -0.3 is 52.5 Å². The molecule has 0 bridgehead atoms. The number of carbonyl (C=O) groups is 8. The zero-order valence-corrected chi connectivity index (χ0v) is 37.6. The number of anilines is 1. The minimum Gasteiger partial charge on any atom is -0.481 e. The van der Waals surface area contributed by atoms with Gasteiger partial charge >= 0.3 is 11.9 Å². The van der Waals surface area contributed by atoms with Crippen molar-refractivity contribution >= 4 is 73.9 Å². The molecule has 350 valence electrons. The van der Waals surface area contributed by atoms with E-state index in [-0.39, 0.29) is 17.2 Å². The lowest BCUT2D eigenvalue weighted by Crippen LogP contribution is -2.61. The highest BCUT2D eigenvalue weighted by atomic mass is 32.2. The number of carboxylic acids is 2. The number of benzene rings is 2. The van der Waals surface area contributed by atoms with Gasteiger partial charge in [0.05, 0.1) is 17.9 Å². The molecule has 11 N–H and O–H groups in total. The molecule has 0 aliphatic heterocycles. The van der Waals surface area contributed by atoms with Gasteiger partial charge in [-0.1, -0.05) is 72.2 Å². The molecule has 22 heteroatoms. The second kappa shape index (κ2) is 24.1. The van der Waals surface area contributed by atoms with E-state index in [4.69, 9.17) is 5.73 Å². The van der Waals surface area contributed by atoms with E-state index in [1.54, 1.807) is 66.1 Å². The third-order valence-corrected chi connectivity index (χ3v) is 11.6. The number of aliphatic carboxylic acids is 2. The minimum absolute atomic E-state index is 0.0224. The van der Waals surface area contributed by atoms with Gasteiger partial charge in [-0.05, 0) is 42.7 Å². The smallest absolute Gasteiger partial charge is 0.326 e. The Morgan fingerprint density at radius 2 is 1.22 bits per heavy atom. The van der Waals surface area contributed by atoms with Crippen LogP contribution in [0.4, 0.5) is 5.69 Å². The van der Waals surface area contributed by atoms with Gasteiger partial charge in [0.15, 0.2) is 0 Å². The third-order valence-electron chi connectivity index (χ3n) is 10.1. The Bertz CT molecular complexity index is 2100. The first-order valence-corrected chi connectivity index (χ1v) is 21.9. The van der Waals surface area contributed by atoms with Gasteiger partial charge in [-0.15, -0.1) is 0 Å². The SMILES string of the molecule is CCC(C)C(NS(=O)(=O)c1cccc2c(N(C)C)cccc12)C(=O)NC(CO)C(=O)NC(CCC(=O)O)C(=O)NC(C(=O)NC(CC(N)=O)C(=O)NC(CC(C)C)C(=O)O)C(C)C. The zero-order chi connectivity index (χ0) is 47.9. The van der Waals surface area contributed by atoms with Gasteiger partial charge in [0.25, 0.3) is 0 Å². The van der Waals surface area contributed by atoms with E-state index in [2.05, 4.69) is 31.3 Å². The predicted molar refractivity (Wildman–Crippen MR) is 231 cm³/mol. The average molecular weight is 907 g/mol. The van der Waals surface area contributed by atoms with E-state index >= 15 is 0 Å². The largest absolute Gasteiger partial charge is 0.481 e. The lowest BCUT2D eigenvalue weighted by atomic mass is 9.99. The Balaban J connectivity index is 2.35. The Kier molecular flexibility index (Phi) is 20.4. The number of nitrogens with zero attached hydrogens (tertiary/aromatic N) is 1. The van der Waals surface area contributed by atoms with Crippen LogP contribution in [0.5, 0.6) is 0 Å². The Hall–Kier alpha value is -5.87. The summed E-state index contributed by atoms with van der Waals surface area (Å²) < 4.78 is 30.3. The number of aliphatic hydroxyl groups excluding tert-OH is 1. The lowest BCUT2D eigenvalue weighted by molar-refractivity contribution is -0.143. The van der Waals surface area contributed by atoms with Crippen LogP contribution < -0.4 is 41.9 Å². The van der Waals surface area contributed by atoms with Crippen LogP contribution in [0.15, 0.2) is 41.3 Å². The molecule has 0 aliphatic rings. The fraction of sp³-hybridized carbons (Fsp3) is 0.561. The maximum absolute atomic E-state index is 13.9. The van der Waals surface area contributed by atoms with Crippen LogP contribution in [0.2, 0.25) is 0 Å². The summed E-state index contributed by atoms with van der Waals surface area (Å²) in [6, 6.07) is 0.404. The van der Waals surface area contributed by atoms with Crippen LogP contribution in [0.1, 0.15) is 73.6 Å². The van der Waals surface area contributed by atoms with E-state index in [1.165, 1.54) is 19.9 Å². The fourth-order valence-corrected chi connectivity index (χ4v) is 8.00. The number of hydrogen-bond donors (Lipinski definition) is 10. The number of primary amides is 1. The number of aliphatic hydroxyl groups is 1. The van der Waals surface area contributed by atoms with E-state index in [9.17, 15) is 62.1 Å². The molecule has 0 aromatic heterocycles. The topological polar surface area (TPSA) is 333 Å². The summed E-state index contributed by atoms with van der Waals surface area (Å²) in [6.45, 7) is 8.72. The highest BCUT2D eigenvalue weighted by molar-refractivity contribution is 7.89. The van der Waals surface area contributed by atoms with Crippen LogP contribution in [0.3, 0.4) is 0 Å². The summed E-state index contributed by atoms with van der Waals surface area (Å²) in [4.78, 5) is 105. The highest BCUT2D eigenvalue weighted by Gasteiger charge is 2.36. The van der Waals surface area contributed by atoms with E-state index in [0.717, 1.165) is 5.69 Å². The molecule has 2 rings (SSSR count). The van der Waals surface area contributed by atoms with Gasteiger partial charge in [0.1, 0.15) is 36.3 Å². The Morgan fingerprint density at radius 3 is 1.75 bits per heavy atom. The van der Waals surface area contributed by atoms with Crippen molar-refractivity contribution in [3.63, 3.8) is 0 Å². The molecule has 0 heterocycles. The number of nitrogens with one attached hydrogen (secondary N) is 6. The van der Waals surface area contributed by atoms with Gasteiger partial charge in [0, 0.05) is 37.0 Å². The molecule has 2 aromatic carbocycles. The Labute approximate surface area is 366 Å². The van der Waals surface area contributed by atoms with Crippen molar-refractivity contribution in [2.45, 2.75) is 115 Å². The van der Waals surface area contributed by atoms with Crippen molar-refractivity contribution in [1.82, 2.24) is 31.3 Å². The van der Waals surface area contributed by atoms with Crippen LogP contribution in [0.25, 0.3) is 10.8 Å². The molecule has 0 fully saturated rings. The van der Waals surface area contributed by atoms with E-state index in [0.29, 0.717) is 17.2 Å². The zero-order valence-electron chi connectivity index (χ0n) is 36.8. The molecule has 7 unspecified atom stereocenters. The van der Waals surface area contributed by atoms with Crippen LogP contribution >= 0.6 is 0 Å². The number of sulfonamides is 1. The summed E-state index contributed by atoms with van der Waals surface area (Å²) in [7, 11) is -0.789. The lowest BCUT2D eigenvalue weighted by Gasteiger charge is -2.29. The standard InChI is InChI=1S/C41H62N8O13S/c1-9-23(6)35(48-63(61,62)31-15-11-12-24-25(31)13-10-14-30(24)49(7)8)40(58)46-29(20-50)38(56)43-26(16-17-33(52)53)36(54)47-34(22(4)5)39(57)44-27(19-32(42)51)37(55)45-28(41(59)60)18-21(2)3/h10-15,21-23,26-29,34-35,48,50H,9,16-20H2,1-8H3,(H2,42,51)(H,43,56)(H,44,57)(H,45,55)(H,46,58)(H,47,54)(H,52,53)(H,59,60). The predicted octanol–water partition coefficient (Wildman–Crippen LogP) is -0.458. The fourth-order valence-electron chi connectivity index (χ4n) is 6.47. The highest BCUT2D eigenvalue weighted by Crippen LogP contribution is 2.30. The van der Waals surface area contributed by atoms with Crippen LogP contribution in [-0.2, 0) is 48.4 Å². The van der Waals surface area contributed by atoms with Gasteiger partial charge in [0.2, 0.25) is 45.5 Å². The third kappa shape index (κ3) is 15.8. The van der Waals surface area contributed by atoms with Gasteiger partial charge in [-0.3, -0.25) is 33.6 Å². The van der Waals surface area contributed by atoms with Crippen molar-refractivity contribution in [2.75, 3.05) is 25.6 Å². The number of hydrogen-bond acceptors (Lipinski definition) is 12. The Morgan fingerprint density at radius 1 is 0.698 bits per heavy atom. The quantitative estimate of drug-likeness (QED) is 0.0572. The number of fused-ring (bicyclic) bond motifs is 1.